The van der Waals surface area contributed by atoms with E-state index in [-0.39, 0.29) is 14.9 Å². The molecule has 0 spiro atoms. The molecule has 0 fully saturated rings. The van der Waals surface area contributed by atoms with Gasteiger partial charge in [-0.3, -0.25) is 0 Å². The molecule has 0 heterocycles. The van der Waals surface area contributed by atoms with E-state index in [1.54, 1.807) is 6.08 Å². The standard InChI is InChI=1S/C4H8O2.2CH4/c1-2-3-4-6-5;;/h3-5H,2H2,1H3;2*1H4/b4-3+;;. The zero-order chi connectivity index (χ0) is 4.83. The average molecular weight is 120 g/mol. The van der Waals surface area contributed by atoms with Crippen LogP contribution in [-0.2, 0) is 4.89 Å². The number of hydrogen-bond acceptors (Lipinski definition) is 2. The summed E-state index contributed by atoms with van der Waals surface area (Å²) in [6, 6.07) is 0. The summed E-state index contributed by atoms with van der Waals surface area (Å²) in [5.41, 5.74) is 0. The van der Waals surface area contributed by atoms with Crippen molar-refractivity contribution in [1.29, 1.82) is 0 Å². The molecule has 0 aromatic heterocycles. The molecule has 0 aromatic carbocycles. The van der Waals surface area contributed by atoms with Gasteiger partial charge >= 0.3 is 0 Å². The van der Waals surface area contributed by atoms with Crippen molar-refractivity contribution >= 4 is 0 Å². The van der Waals surface area contributed by atoms with Crippen LogP contribution in [0.3, 0.4) is 0 Å². The molecular weight excluding hydrogens is 104 g/mol. The predicted octanol–water partition coefficient (Wildman–Crippen LogP) is 2.67. The minimum atomic E-state index is 0. The number of allylic oxidation sites excluding steroid dienone is 1. The van der Waals surface area contributed by atoms with Crippen molar-refractivity contribution in [2.45, 2.75) is 28.2 Å². The van der Waals surface area contributed by atoms with E-state index >= 15 is 0 Å². The van der Waals surface area contributed by atoms with Gasteiger partial charge in [0.25, 0.3) is 0 Å². The maximum atomic E-state index is 7.61. The third kappa shape index (κ3) is 17.8. The first kappa shape index (κ1) is 15.6. The SMILES string of the molecule is C.C.CC/C=C/OO. The summed E-state index contributed by atoms with van der Waals surface area (Å²) in [6.07, 6.45) is 3.83. The maximum Gasteiger partial charge on any atom is 0.125 e. The summed E-state index contributed by atoms with van der Waals surface area (Å²) in [5, 5.41) is 7.61. The molecule has 1 N–H and O–H groups in total. The highest BCUT2D eigenvalue weighted by atomic mass is 17.1. The van der Waals surface area contributed by atoms with E-state index in [1.807, 2.05) is 6.92 Å². The molecule has 0 bridgehead atoms. The fourth-order valence-electron chi connectivity index (χ4n) is 0.139. The molecule has 0 saturated carbocycles. The lowest BCUT2D eigenvalue weighted by Crippen LogP contribution is -1.62. The molecule has 0 unspecified atom stereocenters. The minimum Gasteiger partial charge on any atom is -0.349 e. The Hall–Kier alpha value is -0.500. The zero-order valence-corrected chi connectivity index (χ0v) is 3.72. The monoisotopic (exact) mass is 120 g/mol. The highest BCUT2D eigenvalue weighted by Crippen LogP contribution is 1.76. The Morgan fingerprint density at radius 1 is 1.50 bits per heavy atom. The van der Waals surface area contributed by atoms with Crippen LogP contribution in [0.15, 0.2) is 12.3 Å². The summed E-state index contributed by atoms with van der Waals surface area (Å²) in [6.45, 7) is 1.95. The van der Waals surface area contributed by atoms with Gasteiger partial charge in [-0.1, -0.05) is 21.8 Å². The maximum absolute atomic E-state index is 7.61. The Morgan fingerprint density at radius 2 is 2.00 bits per heavy atom. The summed E-state index contributed by atoms with van der Waals surface area (Å²) in [7, 11) is 0. The van der Waals surface area contributed by atoms with Gasteiger partial charge in [-0.2, -0.15) is 0 Å². The van der Waals surface area contributed by atoms with E-state index in [0.29, 0.717) is 0 Å². The highest BCUT2D eigenvalue weighted by Gasteiger charge is 1.60. The molecule has 0 radical (unpaired) electrons. The van der Waals surface area contributed by atoms with Crippen LogP contribution < -0.4 is 0 Å². The van der Waals surface area contributed by atoms with Crippen LogP contribution in [0, 0.1) is 0 Å². The third-order valence-electron chi connectivity index (χ3n) is 0.393. The van der Waals surface area contributed by atoms with Gasteiger partial charge < -0.3 is 4.89 Å². The normalized spacial score (nSPS) is 7.25. The molecule has 0 aromatic rings. The summed E-state index contributed by atoms with van der Waals surface area (Å²) < 4.78 is 0. The van der Waals surface area contributed by atoms with E-state index in [1.165, 1.54) is 6.26 Å². The van der Waals surface area contributed by atoms with E-state index in [2.05, 4.69) is 4.89 Å². The molecule has 0 aliphatic heterocycles. The molecule has 0 amide bonds. The molecule has 0 aliphatic rings. The molecule has 52 valence electrons. The lowest BCUT2D eigenvalue weighted by Gasteiger charge is -1.76. The Morgan fingerprint density at radius 3 is 2.12 bits per heavy atom. The Kier molecular flexibility index (Phi) is 31.4. The smallest absolute Gasteiger partial charge is 0.125 e. The quantitative estimate of drug-likeness (QED) is 0.345. The van der Waals surface area contributed by atoms with Gasteiger partial charge in [0, 0.05) is 0 Å². The molecule has 8 heavy (non-hydrogen) atoms. The van der Waals surface area contributed by atoms with E-state index in [4.69, 9.17) is 5.26 Å². The van der Waals surface area contributed by atoms with E-state index in [9.17, 15) is 0 Å². The lowest BCUT2D eigenvalue weighted by molar-refractivity contribution is -0.186. The first-order valence-corrected chi connectivity index (χ1v) is 1.87. The number of rotatable bonds is 2. The van der Waals surface area contributed by atoms with Crippen molar-refractivity contribution in [1.82, 2.24) is 0 Å². The van der Waals surface area contributed by atoms with Crippen LogP contribution in [0.4, 0.5) is 0 Å². The van der Waals surface area contributed by atoms with Gasteiger partial charge in [0.2, 0.25) is 0 Å². The van der Waals surface area contributed by atoms with Crippen LogP contribution in [0.25, 0.3) is 0 Å². The van der Waals surface area contributed by atoms with E-state index in [0.717, 1.165) is 6.42 Å². The molecule has 2 nitrogen and oxygen atoms in total. The van der Waals surface area contributed by atoms with Crippen LogP contribution in [0.2, 0.25) is 0 Å². The summed E-state index contributed by atoms with van der Waals surface area (Å²) in [4.78, 5) is 3.60. The van der Waals surface area contributed by atoms with Crippen LogP contribution in [0.5, 0.6) is 0 Å². The third-order valence-corrected chi connectivity index (χ3v) is 0.393. The van der Waals surface area contributed by atoms with Gasteiger partial charge in [-0.15, -0.1) is 0 Å². The van der Waals surface area contributed by atoms with Crippen molar-refractivity contribution in [3.05, 3.63) is 12.3 Å². The molecule has 0 aliphatic carbocycles. The Labute approximate surface area is 51.7 Å². The van der Waals surface area contributed by atoms with Gasteiger partial charge in [0.1, 0.15) is 6.26 Å². The Balaban J connectivity index is -0.000000125. The minimum absolute atomic E-state index is 0. The average Bonchev–Trinajstić information content (AvgIpc) is 1.61. The van der Waals surface area contributed by atoms with Crippen LogP contribution >= 0.6 is 0 Å². The van der Waals surface area contributed by atoms with Crippen molar-refractivity contribution in [3.63, 3.8) is 0 Å². The molecule has 2 heteroatoms. The second-order valence-electron chi connectivity index (χ2n) is 0.885. The lowest BCUT2D eigenvalue weighted by atomic mass is 10.5. The van der Waals surface area contributed by atoms with E-state index < -0.39 is 0 Å². The second kappa shape index (κ2) is 16.1. The van der Waals surface area contributed by atoms with Gasteiger partial charge in [-0.05, 0) is 12.5 Å². The van der Waals surface area contributed by atoms with Crippen molar-refractivity contribution < 1.29 is 10.1 Å². The molecule has 0 rings (SSSR count). The molecule has 0 atom stereocenters. The molecular formula is C6H16O2. The van der Waals surface area contributed by atoms with Crippen molar-refractivity contribution in [2.24, 2.45) is 0 Å². The predicted molar refractivity (Wildman–Crippen MR) is 36.6 cm³/mol. The fraction of sp³-hybridized carbons (Fsp3) is 0.667. The van der Waals surface area contributed by atoms with Gasteiger partial charge in [0.05, 0.1) is 0 Å². The first-order chi connectivity index (χ1) is 2.91. The molecule has 0 saturated heterocycles. The second-order valence-corrected chi connectivity index (χ2v) is 0.885. The topological polar surface area (TPSA) is 29.5 Å². The Bertz CT molecular complexity index is 35.8. The van der Waals surface area contributed by atoms with Crippen LogP contribution in [0.1, 0.15) is 28.2 Å². The largest absolute Gasteiger partial charge is 0.349 e. The fourth-order valence-corrected chi connectivity index (χ4v) is 0.139. The van der Waals surface area contributed by atoms with Crippen molar-refractivity contribution in [2.75, 3.05) is 0 Å². The summed E-state index contributed by atoms with van der Waals surface area (Å²) in [5.74, 6) is 0. The zero-order valence-electron chi connectivity index (χ0n) is 3.72. The van der Waals surface area contributed by atoms with Gasteiger partial charge in [-0.25, -0.2) is 5.26 Å². The van der Waals surface area contributed by atoms with Crippen molar-refractivity contribution in [3.8, 4) is 0 Å². The first-order valence-electron chi connectivity index (χ1n) is 1.87. The number of hydrogen-bond donors (Lipinski definition) is 1. The van der Waals surface area contributed by atoms with Crippen LogP contribution in [-0.4, -0.2) is 5.26 Å². The highest BCUT2D eigenvalue weighted by molar-refractivity contribution is 4.68. The van der Waals surface area contributed by atoms with Gasteiger partial charge in [0.15, 0.2) is 0 Å². The summed E-state index contributed by atoms with van der Waals surface area (Å²) >= 11 is 0.